The first-order valence-electron chi connectivity index (χ1n) is 1.19. The van der Waals surface area contributed by atoms with Gasteiger partial charge in [-0.1, -0.05) is 0 Å². The standard InChI is InChI=1S/C2H2O4/c3-1(4)2(5)6/h1,3H. The Bertz CT molecular complexity index is 56.6. The topological polar surface area (TPSA) is 77.1 Å². The molecule has 0 fully saturated rings. The average Bonchev–Trinajstić information content (AvgIpc) is 1.36. The molecule has 0 spiro atoms. The molecule has 0 aromatic carbocycles. The summed E-state index contributed by atoms with van der Waals surface area (Å²) in [6.07, 6.45) is -2.59. The van der Waals surface area contributed by atoms with Gasteiger partial charge in [-0.2, -0.15) is 5.11 Å². The number of rotatable bonds is 1. The highest BCUT2D eigenvalue weighted by Crippen LogP contribution is 1.71. The lowest BCUT2D eigenvalue weighted by Gasteiger charge is -1.81. The van der Waals surface area contributed by atoms with Crippen molar-refractivity contribution in [2.24, 2.45) is 0 Å². The van der Waals surface area contributed by atoms with E-state index in [1.165, 1.54) is 0 Å². The van der Waals surface area contributed by atoms with Gasteiger partial charge in [-0.15, -0.1) is 0 Å². The summed E-state index contributed by atoms with van der Waals surface area (Å²) in [5.41, 5.74) is 0. The molecule has 0 rings (SSSR count). The second kappa shape index (κ2) is 1.74. The van der Waals surface area contributed by atoms with E-state index in [-0.39, 0.29) is 0 Å². The smallest absolute Gasteiger partial charge is 0.357 e. The lowest BCUT2D eigenvalue weighted by molar-refractivity contribution is -0.182. The van der Waals surface area contributed by atoms with Crippen LogP contribution in [0.1, 0.15) is 0 Å². The number of aliphatic hydroxyl groups is 1. The second-order valence-electron chi connectivity index (χ2n) is 0.671. The van der Waals surface area contributed by atoms with Crippen molar-refractivity contribution in [1.82, 2.24) is 0 Å². The fourth-order valence-electron chi connectivity index (χ4n) is 0. The summed E-state index contributed by atoms with van der Waals surface area (Å²) in [4.78, 5) is 9.03. The summed E-state index contributed by atoms with van der Waals surface area (Å²) in [6.45, 7) is 0. The minimum Gasteiger partial charge on any atom is -0.357 e. The Labute approximate surface area is 33.6 Å². The van der Waals surface area contributed by atoms with Crippen LogP contribution in [0, 0.1) is 0 Å². The normalized spacial score (nSPS) is 9.17. The molecule has 2 radical (unpaired) electrons. The largest absolute Gasteiger partial charge is 0.413 e. The molecule has 1 unspecified atom stereocenters. The van der Waals surface area contributed by atoms with Crippen LogP contribution in [0.15, 0.2) is 0 Å². The average molecular weight is 90.0 g/mol. The first-order valence-corrected chi connectivity index (χ1v) is 1.19. The van der Waals surface area contributed by atoms with Crippen LogP contribution < -0.4 is 0 Å². The molecule has 0 heterocycles. The highest BCUT2D eigenvalue weighted by Gasteiger charge is 2.10. The van der Waals surface area contributed by atoms with E-state index in [0.717, 1.165) is 0 Å². The van der Waals surface area contributed by atoms with E-state index in [2.05, 4.69) is 0 Å². The first-order chi connectivity index (χ1) is 2.64. The first kappa shape index (κ1) is 5.39. The fraction of sp³-hybridized carbons (Fsp3) is 0.500. The Kier molecular flexibility index (Phi) is 1.56. The summed E-state index contributed by atoms with van der Waals surface area (Å²) in [5.74, 6) is -1.99. The molecular formula is C2H2O4. The van der Waals surface area contributed by atoms with Gasteiger partial charge >= 0.3 is 5.97 Å². The molecule has 0 aliphatic heterocycles. The van der Waals surface area contributed by atoms with E-state index >= 15 is 0 Å². The summed E-state index contributed by atoms with van der Waals surface area (Å²) < 4.78 is 0. The number of hydrogen-bond acceptors (Lipinski definition) is 2. The maximum atomic E-state index is 9.12. The highest BCUT2D eigenvalue weighted by molar-refractivity contribution is 5.69. The Morgan fingerprint density at radius 1 is 1.67 bits per heavy atom. The van der Waals surface area contributed by atoms with Gasteiger partial charge in [-0.05, 0) is 0 Å². The van der Waals surface area contributed by atoms with Gasteiger partial charge in [0.1, 0.15) is 0 Å². The molecular weight excluding hydrogens is 88.0 g/mol. The van der Waals surface area contributed by atoms with Crippen LogP contribution in [0.2, 0.25) is 0 Å². The predicted octanol–water partition coefficient (Wildman–Crippen LogP) is -1.31. The molecule has 0 aliphatic carbocycles. The van der Waals surface area contributed by atoms with Crippen molar-refractivity contribution in [2.75, 3.05) is 0 Å². The SMILES string of the molecule is [O]C(=O)C([O])O. The number of hydrogen-bond donors (Lipinski definition) is 1. The van der Waals surface area contributed by atoms with Crippen LogP contribution in [0.5, 0.6) is 0 Å². The maximum absolute atomic E-state index is 9.12. The third kappa shape index (κ3) is 1.68. The van der Waals surface area contributed by atoms with Crippen molar-refractivity contribution in [3.63, 3.8) is 0 Å². The molecule has 0 amide bonds. The monoisotopic (exact) mass is 90.0 g/mol. The molecule has 0 aromatic heterocycles. The molecule has 0 bridgehead atoms. The van der Waals surface area contributed by atoms with Crippen LogP contribution in [0.3, 0.4) is 0 Å². The summed E-state index contributed by atoms with van der Waals surface area (Å²) in [6, 6.07) is 0. The van der Waals surface area contributed by atoms with Gasteiger partial charge in [0.2, 0.25) is 0 Å². The Hall–Kier alpha value is -0.610. The van der Waals surface area contributed by atoms with Gasteiger partial charge in [0, 0.05) is 0 Å². The summed E-state index contributed by atoms with van der Waals surface area (Å²) >= 11 is 0. The van der Waals surface area contributed by atoms with Crippen LogP contribution in [0.4, 0.5) is 0 Å². The molecule has 1 atom stereocenters. The summed E-state index contributed by atoms with van der Waals surface area (Å²) in [7, 11) is 0. The van der Waals surface area contributed by atoms with Crippen LogP contribution in [0.25, 0.3) is 0 Å². The van der Waals surface area contributed by atoms with E-state index in [0.29, 0.717) is 0 Å². The van der Waals surface area contributed by atoms with E-state index < -0.39 is 12.3 Å². The molecule has 4 heteroatoms. The molecule has 0 saturated carbocycles. The summed E-state index contributed by atoms with van der Waals surface area (Å²) in [5, 5.41) is 25.6. The van der Waals surface area contributed by atoms with Crippen LogP contribution in [-0.2, 0) is 15.0 Å². The predicted molar refractivity (Wildman–Crippen MR) is 12.4 cm³/mol. The molecule has 4 nitrogen and oxygen atoms in total. The van der Waals surface area contributed by atoms with Crippen molar-refractivity contribution in [2.45, 2.75) is 6.29 Å². The zero-order valence-corrected chi connectivity index (χ0v) is 2.75. The lowest BCUT2D eigenvalue weighted by atomic mass is 10.7. The quantitative estimate of drug-likeness (QED) is 0.406. The number of carbonyl (C=O) groups excluding carboxylic acids is 1. The van der Waals surface area contributed by atoms with E-state index in [9.17, 15) is 0 Å². The van der Waals surface area contributed by atoms with Gasteiger partial charge in [0.05, 0.1) is 0 Å². The minimum absolute atomic E-state index is 1.99. The third-order valence-electron chi connectivity index (χ3n) is 0.202. The molecule has 0 aromatic rings. The lowest BCUT2D eigenvalue weighted by Crippen LogP contribution is -2.14. The second-order valence-corrected chi connectivity index (χ2v) is 0.671. The van der Waals surface area contributed by atoms with Crippen molar-refractivity contribution >= 4 is 5.97 Å². The zero-order chi connectivity index (χ0) is 5.15. The molecule has 0 saturated heterocycles. The number of carbonyl (C=O) groups is 1. The van der Waals surface area contributed by atoms with Gasteiger partial charge in [0.25, 0.3) is 6.29 Å². The highest BCUT2D eigenvalue weighted by atomic mass is 16.5. The van der Waals surface area contributed by atoms with Crippen molar-refractivity contribution in [3.05, 3.63) is 0 Å². The van der Waals surface area contributed by atoms with Crippen LogP contribution in [-0.4, -0.2) is 17.4 Å². The molecule has 6 heavy (non-hydrogen) atoms. The Balaban J connectivity index is 3.26. The van der Waals surface area contributed by atoms with E-state index in [1.54, 1.807) is 0 Å². The molecule has 0 aliphatic rings. The number of aliphatic hydroxyl groups excluding tert-OH is 1. The molecule has 34 valence electrons. The van der Waals surface area contributed by atoms with Gasteiger partial charge < -0.3 is 5.11 Å². The molecule has 1 N–H and O–H groups in total. The van der Waals surface area contributed by atoms with Gasteiger partial charge in [-0.3, -0.25) is 0 Å². The Morgan fingerprint density at radius 3 is 1.83 bits per heavy atom. The van der Waals surface area contributed by atoms with Crippen molar-refractivity contribution < 1.29 is 20.1 Å². The Morgan fingerprint density at radius 2 is 1.83 bits per heavy atom. The van der Waals surface area contributed by atoms with Crippen molar-refractivity contribution in [3.8, 4) is 0 Å². The van der Waals surface area contributed by atoms with E-state index in [4.69, 9.17) is 20.1 Å². The minimum atomic E-state index is -2.59. The van der Waals surface area contributed by atoms with Gasteiger partial charge in [-0.25, -0.2) is 9.90 Å². The van der Waals surface area contributed by atoms with E-state index in [1.807, 2.05) is 0 Å². The van der Waals surface area contributed by atoms with Crippen molar-refractivity contribution in [1.29, 1.82) is 0 Å². The zero-order valence-electron chi connectivity index (χ0n) is 2.75. The van der Waals surface area contributed by atoms with Crippen LogP contribution >= 0.6 is 0 Å². The third-order valence-corrected chi connectivity index (χ3v) is 0.202. The fourth-order valence-corrected chi connectivity index (χ4v) is 0. The maximum Gasteiger partial charge on any atom is 0.413 e. The van der Waals surface area contributed by atoms with Gasteiger partial charge in [0.15, 0.2) is 0 Å².